The summed E-state index contributed by atoms with van der Waals surface area (Å²) in [6.07, 6.45) is 0. The molecule has 0 saturated carbocycles. The Morgan fingerprint density at radius 1 is 0.828 bits per heavy atom. The van der Waals surface area contributed by atoms with Gasteiger partial charge < -0.3 is 14.8 Å². The van der Waals surface area contributed by atoms with Crippen molar-refractivity contribution in [3.63, 3.8) is 0 Å². The van der Waals surface area contributed by atoms with Crippen LogP contribution < -0.4 is 5.32 Å². The number of benzene rings is 2. The van der Waals surface area contributed by atoms with Crippen LogP contribution in [0.4, 0.5) is 11.5 Å². The van der Waals surface area contributed by atoms with Crippen molar-refractivity contribution in [2.75, 3.05) is 19.5 Å². The molecule has 1 aromatic heterocycles. The normalized spacial score (nSPS) is 10.3. The number of nitrogens with zero attached hydrogens (tertiary/aromatic N) is 1. The third kappa shape index (κ3) is 4.43. The zero-order valence-electron chi connectivity index (χ0n) is 16.8. The molecule has 29 heavy (non-hydrogen) atoms. The lowest BCUT2D eigenvalue weighted by molar-refractivity contribution is 0.0555. The van der Waals surface area contributed by atoms with Crippen molar-refractivity contribution in [3.8, 4) is 11.3 Å². The van der Waals surface area contributed by atoms with E-state index >= 15 is 0 Å². The van der Waals surface area contributed by atoms with Gasteiger partial charge in [-0.15, -0.1) is 0 Å². The molecule has 0 aliphatic rings. The lowest BCUT2D eigenvalue weighted by atomic mass is 10.0. The molecule has 3 aromatic rings. The van der Waals surface area contributed by atoms with E-state index in [-0.39, 0.29) is 16.9 Å². The maximum atomic E-state index is 12.5. The zero-order chi connectivity index (χ0) is 21.0. The molecule has 0 aliphatic heterocycles. The van der Waals surface area contributed by atoms with Crippen LogP contribution in [-0.4, -0.2) is 31.1 Å². The van der Waals surface area contributed by atoms with Crippen LogP contribution in [0.25, 0.3) is 11.3 Å². The quantitative estimate of drug-likeness (QED) is 0.637. The van der Waals surface area contributed by atoms with Gasteiger partial charge >= 0.3 is 11.9 Å². The number of ether oxygens (including phenoxy) is 2. The second-order valence-corrected chi connectivity index (χ2v) is 6.62. The van der Waals surface area contributed by atoms with Gasteiger partial charge in [0.25, 0.3) is 0 Å². The highest BCUT2D eigenvalue weighted by Gasteiger charge is 2.25. The number of aryl methyl sites for hydroxylation is 2. The van der Waals surface area contributed by atoms with E-state index in [0.29, 0.717) is 5.69 Å². The highest BCUT2D eigenvalue weighted by Crippen LogP contribution is 2.29. The first kappa shape index (κ1) is 20.1. The van der Waals surface area contributed by atoms with Crippen LogP contribution in [0.5, 0.6) is 0 Å². The van der Waals surface area contributed by atoms with Crippen molar-refractivity contribution in [3.05, 3.63) is 76.9 Å². The summed E-state index contributed by atoms with van der Waals surface area (Å²) in [4.78, 5) is 29.6. The summed E-state index contributed by atoms with van der Waals surface area (Å²) in [7, 11) is 2.52. The van der Waals surface area contributed by atoms with E-state index in [2.05, 4.69) is 10.3 Å². The monoisotopic (exact) mass is 390 g/mol. The van der Waals surface area contributed by atoms with Gasteiger partial charge in [-0.1, -0.05) is 47.5 Å². The van der Waals surface area contributed by atoms with Crippen molar-refractivity contribution >= 4 is 23.4 Å². The van der Waals surface area contributed by atoms with Crippen LogP contribution >= 0.6 is 0 Å². The highest BCUT2D eigenvalue weighted by atomic mass is 16.5. The maximum absolute atomic E-state index is 12.5. The minimum atomic E-state index is -0.678. The van der Waals surface area contributed by atoms with E-state index in [0.717, 1.165) is 22.4 Å². The molecule has 0 unspecified atom stereocenters. The Bertz CT molecular complexity index is 1040. The molecule has 1 N–H and O–H groups in total. The molecule has 0 fully saturated rings. The van der Waals surface area contributed by atoms with Gasteiger partial charge in [0.15, 0.2) is 0 Å². The fraction of sp³-hybridized carbons (Fsp3) is 0.174. The summed E-state index contributed by atoms with van der Waals surface area (Å²) < 4.78 is 9.80. The summed E-state index contributed by atoms with van der Waals surface area (Å²) in [6.45, 7) is 3.97. The van der Waals surface area contributed by atoms with Gasteiger partial charge in [-0.3, -0.25) is 0 Å². The predicted octanol–water partition coefficient (Wildman–Crippen LogP) is 4.68. The molecule has 0 saturated heterocycles. The Labute approximate surface area is 169 Å². The molecule has 0 spiro atoms. The average molecular weight is 390 g/mol. The molecule has 0 atom stereocenters. The zero-order valence-corrected chi connectivity index (χ0v) is 16.8. The first-order chi connectivity index (χ1) is 13.9. The molecule has 0 amide bonds. The molecule has 0 bridgehead atoms. The summed E-state index contributed by atoms with van der Waals surface area (Å²) in [5.74, 6) is -1.10. The lowest BCUT2D eigenvalue weighted by Gasteiger charge is -2.15. The second kappa shape index (κ2) is 8.56. The number of pyridine rings is 1. The van der Waals surface area contributed by atoms with E-state index in [1.54, 1.807) is 6.07 Å². The van der Waals surface area contributed by atoms with Crippen molar-refractivity contribution in [1.82, 2.24) is 4.98 Å². The van der Waals surface area contributed by atoms with Crippen molar-refractivity contribution in [2.24, 2.45) is 0 Å². The summed E-state index contributed by atoms with van der Waals surface area (Å²) in [5, 5.41) is 3.14. The van der Waals surface area contributed by atoms with Gasteiger partial charge in [-0.05, 0) is 32.0 Å². The van der Waals surface area contributed by atoms with Crippen LogP contribution in [0.15, 0.2) is 54.6 Å². The summed E-state index contributed by atoms with van der Waals surface area (Å²) in [6, 6.07) is 16.9. The van der Waals surface area contributed by atoms with Crippen molar-refractivity contribution in [1.29, 1.82) is 0 Å². The largest absolute Gasteiger partial charge is 0.465 e. The number of rotatable bonds is 5. The molecule has 2 aromatic carbocycles. The number of hydrogen-bond donors (Lipinski definition) is 1. The minimum absolute atomic E-state index is 0.0239. The topological polar surface area (TPSA) is 77.5 Å². The fourth-order valence-corrected chi connectivity index (χ4v) is 2.86. The van der Waals surface area contributed by atoms with Crippen molar-refractivity contribution in [2.45, 2.75) is 13.8 Å². The summed E-state index contributed by atoms with van der Waals surface area (Å²) >= 11 is 0. The molecular formula is C23H22N2O4. The Kier molecular flexibility index (Phi) is 5.93. The number of hydrogen-bond acceptors (Lipinski definition) is 6. The van der Waals surface area contributed by atoms with Gasteiger partial charge in [-0.25, -0.2) is 14.6 Å². The number of nitrogens with one attached hydrogen (secondary N) is 1. The van der Waals surface area contributed by atoms with E-state index in [1.807, 2.05) is 62.4 Å². The van der Waals surface area contributed by atoms with Crippen LogP contribution in [-0.2, 0) is 9.47 Å². The molecule has 6 heteroatoms. The Balaban J connectivity index is 2.21. The predicted molar refractivity (Wildman–Crippen MR) is 112 cm³/mol. The van der Waals surface area contributed by atoms with Crippen LogP contribution in [0.1, 0.15) is 31.8 Å². The van der Waals surface area contributed by atoms with E-state index < -0.39 is 11.9 Å². The average Bonchev–Trinajstić information content (AvgIpc) is 2.74. The smallest absolute Gasteiger partial charge is 0.342 e. The first-order valence-corrected chi connectivity index (χ1v) is 9.05. The van der Waals surface area contributed by atoms with Gasteiger partial charge in [-0.2, -0.15) is 0 Å². The molecule has 0 radical (unpaired) electrons. The number of carbonyl (C=O) groups excluding carboxylic acids is 2. The van der Waals surface area contributed by atoms with Gasteiger partial charge in [0.1, 0.15) is 11.4 Å². The van der Waals surface area contributed by atoms with E-state index in [4.69, 9.17) is 9.47 Å². The molecule has 0 aliphatic carbocycles. The third-order valence-corrected chi connectivity index (χ3v) is 4.48. The maximum Gasteiger partial charge on any atom is 0.342 e. The van der Waals surface area contributed by atoms with Gasteiger partial charge in [0.2, 0.25) is 0 Å². The summed E-state index contributed by atoms with van der Waals surface area (Å²) in [5.41, 5.74) is 4.38. The number of carbonyl (C=O) groups is 2. The number of anilines is 2. The first-order valence-electron chi connectivity index (χ1n) is 9.05. The van der Waals surface area contributed by atoms with E-state index in [9.17, 15) is 9.59 Å². The fourth-order valence-electron chi connectivity index (χ4n) is 2.86. The molecular weight excluding hydrogens is 368 g/mol. The van der Waals surface area contributed by atoms with Gasteiger partial charge in [0, 0.05) is 11.3 Å². The number of esters is 2. The Morgan fingerprint density at radius 2 is 1.38 bits per heavy atom. The molecule has 1 heterocycles. The molecule has 3 rings (SSSR count). The molecule has 148 valence electrons. The third-order valence-electron chi connectivity index (χ3n) is 4.48. The SMILES string of the molecule is COC(=O)c1cc(-c2ccc(C)cc2)nc(Nc2ccc(C)cc2)c1C(=O)OC. The highest BCUT2D eigenvalue weighted by molar-refractivity contribution is 6.07. The Morgan fingerprint density at radius 3 is 1.93 bits per heavy atom. The standard InChI is InChI=1S/C23H22N2O4/c1-14-5-9-16(10-6-14)19-13-18(22(26)28-3)20(23(27)29-4)21(25-19)24-17-11-7-15(2)8-12-17/h5-13H,1-4H3,(H,24,25). The minimum Gasteiger partial charge on any atom is -0.465 e. The lowest BCUT2D eigenvalue weighted by Crippen LogP contribution is -2.16. The van der Waals surface area contributed by atoms with Crippen molar-refractivity contribution < 1.29 is 19.1 Å². The van der Waals surface area contributed by atoms with Crippen LogP contribution in [0.3, 0.4) is 0 Å². The number of methoxy groups -OCH3 is 2. The van der Waals surface area contributed by atoms with Gasteiger partial charge in [0.05, 0.1) is 25.5 Å². The second-order valence-electron chi connectivity index (χ2n) is 6.62. The van der Waals surface area contributed by atoms with E-state index in [1.165, 1.54) is 14.2 Å². The molecule has 6 nitrogen and oxygen atoms in total. The van der Waals surface area contributed by atoms with Crippen LogP contribution in [0.2, 0.25) is 0 Å². The van der Waals surface area contributed by atoms with Crippen LogP contribution in [0, 0.1) is 13.8 Å². The Hall–Kier alpha value is -3.67. The number of aromatic nitrogens is 1.